The molecule has 0 unspecified atom stereocenters. The molecule has 12 rings (SSSR count). The predicted octanol–water partition coefficient (Wildman–Crippen LogP) is 20.3. The molecule has 2 aliphatic carbocycles. The van der Waals surface area contributed by atoms with Crippen molar-refractivity contribution >= 4 is 69.2 Å². The predicted molar refractivity (Wildman–Crippen MR) is 323 cm³/mol. The first kappa shape index (κ1) is 47.5. The van der Waals surface area contributed by atoms with Gasteiger partial charge in [-0.15, -0.1) is 0 Å². The van der Waals surface area contributed by atoms with Crippen LogP contribution in [0.5, 0.6) is 0 Å². The molecule has 0 heterocycles. The summed E-state index contributed by atoms with van der Waals surface area (Å²) >= 11 is 0. The Balaban J connectivity index is 0.808. The van der Waals surface area contributed by atoms with Crippen LogP contribution in [0.1, 0.15) is 100 Å². The van der Waals surface area contributed by atoms with Crippen molar-refractivity contribution in [2.45, 2.75) is 73.1 Å². The zero-order chi connectivity index (χ0) is 51.8. The largest absolute Gasteiger partial charge is 0.310 e. The molecule has 0 aliphatic heterocycles. The summed E-state index contributed by atoms with van der Waals surface area (Å²) in [6.45, 7) is 20.5. The average Bonchev–Trinajstić information content (AvgIpc) is 3.79. The Labute approximate surface area is 444 Å². The Hall–Kier alpha value is -8.46. The summed E-state index contributed by atoms with van der Waals surface area (Å²) in [5.41, 5.74) is 28.6. The first-order valence-electron chi connectivity index (χ1n) is 26.6. The van der Waals surface area contributed by atoms with Crippen molar-refractivity contribution in [1.82, 2.24) is 0 Å². The van der Waals surface area contributed by atoms with E-state index in [1.54, 1.807) is 0 Å². The second-order valence-corrected chi connectivity index (χ2v) is 22.2. The molecule has 0 spiro atoms. The molecule has 0 saturated heterocycles. The van der Waals surface area contributed by atoms with E-state index < -0.39 is 0 Å². The minimum Gasteiger partial charge on any atom is -0.310 e. The lowest BCUT2D eigenvalue weighted by molar-refractivity contribution is 0.660. The van der Waals surface area contributed by atoms with Gasteiger partial charge in [-0.1, -0.05) is 179 Å². The smallest absolute Gasteiger partial charge is 0.0467 e. The van der Waals surface area contributed by atoms with Gasteiger partial charge in [0.05, 0.1) is 0 Å². The van der Waals surface area contributed by atoms with E-state index in [0.29, 0.717) is 0 Å². The van der Waals surface area contributed by atoms with Gasteiger partial charge in [-0.05, 0) is 213 Å². The number of para-hydroxylation sites is 2. The molecule has 2 nitrogen and oxygen atoms in total. The molecular formula is C73H64N2. The molecule has 10 aromatic rings. The van der Waals surface area contributed by atoms with Gasteiger partial charge >= 0.3 is 0 Å². The third kappa shape index (κ3) is 8.39. The summed E-state index contributed by atoms with van der Waals surface area (Å²) < 4.78 is 0. The maximum absolute atomic E-state index is 2.43. The summed E-state index contributed by atoms with van der Waals surface area (Å²) in [7, 11) is 0. The van der Waals surface area contributed by atoms with Crippen LogP contribution in [-0.2, 0) is 10.8 Å². The lowest BCUT2D eigenvalue weighted by Gasteiger charge is -2.29. The molecule has 0 aromatic heterocycles. The maximum Gasteiger partial charge on any atom is 0.0467 e. The van der Waals surface area contributed by atoms with Gasteiger partial charge in [0.15, 0.2) is 0 Å². The third-order valence-corrected chi connectivity index (χ3v) is 16.4. The van der Waals surface area contributed by atoms with Gasteiger partial charge in [-0.3, -0.25) is 0 Å². The van der Waals surface area contributed by atoms with E-state index in [0.717, 1.165) is 11.4 Å². The lowest BCUT2D eigenvalue weighted by Crippen LogP contribution is -2.17. The zero-order valence-electron chi connectivity index (χ0n) is 44.8. The molecule has 0 atom stereocenters. The fourth-order valence-electron chi connectivity index (χ4n) is 12.3. The summed E-state index contributed by atoms with van der Waals surface area (Å²) in [4.78, 5) is 4.81. The molecule has 75 heavy (non-hydrogen) atoms. The molecule has 10 aromatic carbocycles. The van der Waals surface area contributed by atoms with Crippen molar-refractivity contribution in [3.63, 3.8) is 0 Å². The highest BCUT2D eigenvalue weighted by molar-refractivity contribution is 5.99. The molecule has 0 bridgehead atoms. The van der Waals surface area contributed by atoms with E-state index in [1.807, 2.05) is 0 Å². The van der Waals surface area contributed by atoms with E-state index in [2.05, 4.69) is 297 Å². The monoisotopic (exact) mass is 969 g/mol. The van der Waals surface area contributed by atoms with Gasteiger partial charge < -0.3 is 9.80 Å². The Morgan fingerprint density at radius 3 is 1.11 bits per heavy atom. The molecule has 366 valence electrons. The van der Waals surface area contributed by atoms with E-state index in [9.17, 15) is 0 Å². The molecule has 0 fully saturated rings. The van der Waals surface area contributed by atoms with Crippen LogP contribution in [0.2, 0.25) is 0 Å². The van der Waals surface area contributed by atoms with E-state index in [1.165, 1.54) is 128 Å². The minimum absolute atomic E-state index is 0.177. The lowest BCUT2D eigenvalue weighted by atomic mass is 9.81. The Kier molecular flexibility index (Phi) is 11.7. The number of fused-ring (bicyclic) bond motifs is 7. The minimum atomic E-state index is -0.180. The van der Waals surface area contributed by atoms with Crippen LogP contribution in [0.3, 0.4) is 0 Å². The second-order valence-electron chi connectivity index (χ2n) is 22.2. The first-order chi connectivity index (χ1) is 36.2. The SMILES string of the molecule is Cc1cc(C)cc(N(c2ccccc2)c2ccc3c(c2)C(C)(C)c2cc(/C=C/c4ccc(/C=C/c5ccc6c(c5)C(C)(C)c5cc(N(c7ccccc7)c7cc(C)c(C)c(C)c7)ccc5-6)c5ccccc45)ccc2-3)c1. The van der Waals surface area contributed by atoms with Crippen LogP contribution in [-0.4, -0.2) is 0 Å². The fourth-order valence-corrected chi connectivity index (χ4v) is 12.3. The molecule has 0 amide bonds. The van der Waals surface area contributed by atoms with Gasteiger partial charge in [0.25, 0.3) is 0 Å². The average molecular weight is 969 g/mol. The quantitative estimate of drug-likeness (QED) is 0.126. The van der Waals surface area contributed by atoms with E-state index in [4.69, 9.17) is 0 Å². The van der Waals surface area contributed by atoms with Crippen molar-refractivity contribution in [1.29, 1.82) is 0 Å². The third-order valence-electron chi connectivity index (χ3n) is 16.4. The summed E-state index contributed by atoms with van der Waals surface area (Å²) in [5.74, 6) is 0. The van der Waals surface area contributed by atoms with Crippen LogP contribution in [0.25, 0.3) is 57.3 Å². The number of hydrogen-bond donors (Lipinski definition) is 0. The summed E-state index contributed by atoms with van der Waals surface area (Å²) in [6.07, 6.45) is 9.16. The number of nitrogens with zero attached hydrogens (tertiary/aromatic N) is 2. The number of anilines is 6. The molecule has 0 N–H and O–H groups in total. The maximum atomic E-state index is 2.43. The van der Waals surface area contributed by atoms with Crippen LogP contribution >= 0.6 is 0 Å². The molecule has 2 heteroatoms. The number of benzene rings is 10. The topological polar surface area (TPSA) is 6.48 Å². The van der Waals surface area contributed by atoms with Gasteiger partial charge in [-0.25, -0.2) is 0 Å². The number of hydrogen-bond acceptors (Lipinski definition) is 2. The normalized spacial score (nSPS) is 13.8. The standard InChI is InChI=1S/C73H64N2/c1-47-38-48(2)40-60(39-47)74(56-18-12-10-13-19-56)58-32-36-66-64-34-26-52(43-68(64)72(6,7)70(66)45-58)24-28-54-30-31-55(63-23-17-16-22-62(54)63)29-25-53-27-35-65-67-37-33-59(46-71(67)73(8,9)69(65)44-53)75(57-20-14-11-15-21-57)61-41-49(3)51(5)50(4)42-61/h10-46H,1-9H3/b28-24+,29-25+. The van der Waals surface area contributed by atoms with Crippen molar-refractivity contribution in [3.05, 3.63) is 273 Å². The number of rotatable bonds is 10. The Morgan fingerprint density at radius 1 is 0.307 bits per heavy atom. The second kappa shape index (κ2) is 18.5. The van der Waals surface area contributed by atoms with Crippen molar-refractivity contribution in [3.8, 4) is 22.3 Å². The molecule has 0 radical (unpaired) electrons. The Bertz CT molecular complexity index is 3900. The summed E-state index contributed by atoms with van der Waals surface area (Å²) in [6, 6.07) is 74.5. The first-order valence-corrected chi connectivity index (χ1v) is 26.6. The van der Waals surface area contributed by atoms with Crippen LogP contribution in [0.4, 0.5) is 34.1 Å². The van der Waals surface area contributed by atoms with Crippen LogP contribution in [0.15, 0.2) is 200 Å². The van der Waals surface area contributed by atoms with Gasteiger partial charge in [-0.2, -0.15) is 0 Å². The van der Waals surface area contributed by atoms with E-state index in [-0.39, 0.29) is 10.8 Å². The molecular weight excluding hydrogens is 905 g/mol. The highest BCUT2D eigenvalue weighted by atomic mass is 15.1. The Morgan fingerprint density at radius 2 is 0.680 bits per heavy atom. The van der Waals surface area contributed by atoms with Crippen molar-refractivity contribution < 1.29 is 0 Å². The van der Waals surface area contributed by atoms with Gasteiger partial charge in [0.1, 0.15) is 0 Å². The highest BCUT2D eigenvalue weighted by Gasteiger charge is 2.38. The molecule has 0 saturated carbocycles. The number of aryl methyl sites for hydroxylation is 4. The van der Waals surface area contributed by atoms with E-state index >= 15 is 0 Å². The van der Waals surface area contributed by atoms with Crippen molar-refractivity contribution in [2.75, 3.05) is 9.80 Å². The molecule has 2 aliphatic rings. The summed E-state index contributed by atoms with van der Waals surface area (Å²) in [5, 5.41) is 2.48. The van der Waals surface area contributed by atoms with Gasteiger partial charge in [0, 0.05) is 45.0 Å². The van der Waals surface area contributed by atoms with Gasteiger partial charge in [0.2, 0.25) is 0 Å². The van der Waals surface area contributed by atoms with Crippen molar-refractivity contribution in [2.24, 2.45) is 0 Å². The fraction of sp³-hybridized carbons (Fsp3) is 0.151. The van der Waals surface area contributed by atoms with Crippen LogP contribution in [0, 0.1) is 34.6 Å². The van der Waals surface area contributed by atoms with Crippen LogP contribution < -0.4 is 9.80 Å². The zero-order valence-corrected chi connectivity index (χ0v) is 44.8. The highest BCUT2D eigenvalue weighted by Crippen LogP contribution is 2.53.